The van der Waals surface area contributed by atoms with Crippen LogP contribution in [0.2, 0.25) is 0 Å². The lowest BCUT2D eigenvalue weighted by molar-refractivity contribution is 0.448. The lowest BCUT2D eigenvalue weighted by atomic mass is 9.68. The molecule has 21 heavy (non-hydrogen) atoms. The van der Waals surface area contributed by atoms with Crippen LogP contribution in [0.4, 0.5) is 8.78 Å². The molecule has 0 aliphatic heterocycles. The quantitative estimate of drug-likeness (QED) is 0.806. The fourth-order valence-corrected chi connectivity index (χ4v) is 3.32. The van der Waals surface area contributed by atoms with E-state index in [1.165, 1.54) is 17.7 Å². The van der Waals surface area contributed by atoms with Crippen LogP contribution in [0.1, 0.15) is 29.5 Å². The lowest BCUT2D eigenvalue weighted by Crippen LogP contribution is -2.31. The minimum absolute atomic E-state index is 0.342. The van der Waals surface area contributed by atoms with Crippen LogP contribution in [0.25, 0.3) is 0 Å². The van der Waals surface area contributed by atoms with Gasteiger partial charge < -0.3 is 0 Å². The van der Waals surface area contributed by atoms with Crippen LogP contribution < -0.4 is 0 Å². The van der Waals surface area contributed by atoms with Crippen molar-refractivity contribution in [3.63, 3.8) is 0 Å². The monoisotopic (exact) mass is 283 g/mol. The number of nitrogens with zero attached hydrogens (tertiary/aromatic N) is 1. The molecule has 0 saturated heterocycles. The van der Waals surface area contributed by atoms with Crippen molar-refractivity contribution < 1.29 is 8.78 Å². The summed E-state index contributed by atoms with van der Waals surface area (Å²) >= 11 is 0. The van der Waals surface area contributed by atoms with Gasteiger partial charge in [0.05, 0.1) is 11.5 Å². The average Bonchev–Trinajstić information content (AvgIpc) is 2.46. The lowest BCUT2D eigenvalue weighted by Gasteiger charge is -2.33. The molecule has 0 saturated carbocycles. The molecule has 0 amide bonds. The standard InChI is InChI=1S/C18H15F2N/c19-15-8-13(9-16(20)10-15)11-18(12-21)7-3-5-14-4-1-2-6-17(14)18/h1-2,4,6,8-10H,3,5,7,11H2. The van der Waals surface area contributed by atoms with Crippen LogP contribution in [-0.4, -0.2) is 0 Å². The minimum atomic E-state index is -0.685. The first-order chi connectivity index (χ1) is 10.1. The van der Waals surface area contributed by atoms with E-state index in [0.29, 0.717) is 12.0 Å². The number of aryl methyl sites for hydroxylation is 1. The Morgan fingerprint density at radius 2 is 1.81 bits per heavy atom. The second-order valence-electron chi connectivity index (χ2n) is 5.66. The topological polar surface area (TPSA) is 23.8 Å². The summed E-state index contributed by atoms with van der Waals surface area (Å²) in [5.74, 6) is -1.19. The van der Waals surface area contributed by atoms with E-state index in [2.05, 4.69) is 6.07 Å². The van der Waals surface area contributed by atoms with Gasteiger partial charge in [0.1, 0.15) is 11.6 Å². The highest BCUT2D eigenvalue weighted by Gasteiger charge is 2.36. The van der Waals surface area contributed by atoms with Gasteiger partial charge in [-0.05, 0) is 54.5 Å². The molecule has 1 nitrogen and oxygen atoms in total. The van der Waals surface area contributed by atoms with E-state index in [0.717, 1.165) is 30.9 Å². The first-order valence-corrected chi connectivity index (χ1v) is 7.08. The van der Waals surface area contributed by atoms with Gasteiger partial charge in [-0.25, -0.2) is 8.78 Å². The molecule has 2 aromatic rings. The Morgan fingerprint density at radius 3 is 2.52 bits per heavy atom. The molecule has 0 spiro atoms. The highest BCUT2D eigenvalue weighted by atomic mass is 19.1. The van der Waals surface area contributed by atoms with Crippen LogP contribution in [0.5, 0.6) is 0 Å². The summed E-state index contributed by atoms with van der Waals surface area (Å²) < 4.78 is 26.8. The average molecular weight is 283 g/mol. The van der Waals surface area contributed by atoms with E-state index in [4.69, 9.17) is 0 Å². The van der Waals surface area contributed by atoms with Crippen LogP contribution in [-0.2, 0) is 18.3 Å². The van der Waals surface area contributed by atoms with Crippen molar-refractivity contribution in [1.82, 2.24) is 0 Å². The van der Waals surface area contributed by atoms with Gasteiger partial charge in [0.2, 0.25) is 0 Å². The molecule has 106 valence electrons. The first-order valence-electron chi connectivity index (χ1n) is 7.08. The third kappa shape index (κ3) is 2.54. The molecule has 1 atom stereocenters. The van der Waals surface area contributed by atoms with Gasteiger partial charge in [-0.3, -0.25) is 0 Å². The maximum Gasteiger partial charge on any atom is 0.126 e. The number of hydrogen-bond acceptors (Lipinski definition) is 1. The van der Waals surface area contributed by atoms with E-state index < -0.39 is 17.0 Å². The van der Waals surface area contributed by atoms with Crippen molar-refractivity contribution in [3.8, 4) is 6.07 Å². The molecule has 2 aromatic carbocycles. The normalized spacial score (nSPS) is 20.6. The van der Waals surface area contributed by atoms with E-state index in [-0.39, 0.29) is 0 Å². The number of rotatable bonds is 2. The summed E-state index contributed by atoms with van der Waals surface area (Å²) in [5, 5.41) is 9.75. The molecule has 3 heteroatoms. The molecule has 0 aromatic heterocycles. The van der Waals surface area contributed by atoms with Crippen LogP contribution in [0, 0.1) is 23.0 Å². The molecule has 0 fully saturated rings. The van der Waals surface area contributed by atoms with E-state index in [1.807, 2.05) is 24.3 Å². The zero-order valence-corrected chi connectivity index (χ0v) is 11.6. The van der Waals surface area contributed by atoms with Crippen molar-refractivity contribution in [3.05, 3.63) is 70.8 Å². The Kier molecular flexibility index (Phi) is 3.47. The fraction of sp³-hybridized carbons (Fsp3) is 0.278. The molecule has 0 heterocycles. The summed E-state index contributed by atoms with van der Waals surface area (Å²) in [6.45, 7) is 0. The number of hydrogen-bond donors (Lipinski definition) is 0. The number of halogens is 2. The molecular weight excluding hydrogens is 268 g/mol. The summed E-state index contributed by atoms with van der Waals surface area (Å²) in [6.07, 6.45) is 2.94. The van der Waals surface area contributed by atoms with Gasteiger partial charge in [-0.2, -0.15) is 5.26 Å². The Morgan fingerprint density at radius 1 is 1.10 bits per heavy atom. The van der Waals surface area contributed by atoms with Crippen molar-refractivity contribution in [2.75, 3.05) is 0 Å². The van der Waals surface area contributed by atoms with Crippen molar-refractivity contribution in [2.24, 2.45) is 0 Å². The third-order valence-electron chi connectivity index (χ3n) is 4.22. The second kappa shape index (κ2) is 5.29. The predicted molar refractivity (Wildman–Crippen MR) is 76.7 cm³/mol. The van der Waals surface area contributed by atoms with E-state index in [9.17, 15) is 14.0 Å². The van der Waals surface area contributed by atoms with Crippen LogP contribution in [0.3, 0.4) is 0 Å². The van der Waals surface area contributed by atoms with Crippen molar-refractivity contribution in [2.45, 2.75) is 31.1 Å². The van der Waals surface area contributed by atoms with Crippen LogP contribution in [0.15, 0.2) is 42.5 Å². The number of fused-ring (bicyclic) bond motifs is 1. The third-order valence-corrected chi connectivity index (χ3v) is 4.22. The minimum Gasteiger partial charge on any atom is -0.207 e. The zero-order valence-electron chi connectivity index (χ0n) is 11.6. The molecule has 0 bridgehead atoms. The van der Waals surface area contributed by atoms with E-state index in [1.54, 1.807) is 0 Å². The molecule has 1 unspecified atom stereocenters. The molecule has 0 N–H and O–H groups in total. The maximum atomic E-state index is 13.4. The van der Waals surface area contributed by atoms with Gasteiger partial charge in [0.15, 0.2) is 0 Å². The largest absolute Gasteiger partial charge is 0.207 e. The molecular formula is C18H15F2N. The van der Waals surface area contributed by atoms with Crippen molar-refractivity contribution >= 4 is 0 Å². The van der Waals surface area contributed by atoms with Gasteiger partial charge in [-0.15, -0.1) is 0 Å². The van der Waals surface area contributed by atoms with Gasteiger partial charge in [0, 0.05) is 6.07 Å². The maximum absolute atomic E-state index is 13.4. The summed E-state index contributed by atoms with van der Waals surface area (Å²) in [5.41, 5.74) is 2.02. The smallest absolute Gasteiger partial charge is 0.126 e. The SMILES string of the molecule is N#CC1(Cc2cc(F)cc(F)c2)CCCc2ccccc21. The summed E-state index contributed by atoms with van der Waals surface area (Å²) in [4.78, 5) is 0. The zero-order chi connectivity index (χ0) is 14.9. The summed E-state index contributed by atoms with van der Waals surface area (Å²) in [7, 11) is 0. The fourth-order valence-electron chi connectivity index (χ4n) is 3.32. The second-order valence-corrected chi connectivity index (χ2v) is 5.66. The summed E-state index contributed by atoms with van der Waals surface area (Å²) in [6, 6.07) is 13.8. The van der Waals surface area contributed by atoms with Gasteiger partial charge in [0.25, 0.3) is 0 Å². The number of benzene rings is 2. The van der Waals surface area contributed by atoms with Crippen molar-refractivity contribution in [1.29, 1.82) is 5.26 Å². The van der Waals surface area contributed by atoms with Gasteiger partial charge >= 0.3 is 0 Å². The highest BCUT2D eigenvalue weighted by molar-refractivity contribution is 5.43. The Hall–Kier alpha value is -2.21. The Bertz CT molecular complexity index is 697. The Balaban J connectivity index is 2.05. The predicted octanol–water partition coefficient (Wildman–Crippen LogP) is 4.31. The molecule has 1 aliphatic carbocycles. The van der Waals surface area contributed by atoms with Gasteiger partial charge in [-0.1, -0.05) is 24.3 Å². The number of nitriles is 1. The Labute approximate surface area is 122 Å². The molecule has 1 aliphatic rings. The van der Waals surface area contributed by atoms with Crippen LogP contribution >= 0.6 is 0 Å². The van der Waals surface area contributed by atoms with E-state index >= 15 is 0 Å². The highest BCUT2D eigenvalue weighted by Crippen LogP contribution is 2.39. The molecule has 3 rings (SSSR count). The first kappa shape index (κ1) is 13.8. The molecule has 0 radical (unpaired) electrons.